The summed E-state index contributed by atoms with van der Waals surface area (Å²) in [7, 11) is -2.80. The summed E-state index contributed by atoms with van der Waals surface area (Å²) in [5.41, 5.74) is 7.45. The van der Waals surface area contributed by atoms with Crippen molar-refractivity contribution in [3.8, 4) is 11.1 Å². The highest BCUT2D eigenvalue weighted by atomic mass is 32.2. The molecular formula is C23H23N5O4S. The molecule has 1 amide bonds. The second-order valence-corrected chi connectivity index (χ2v) is 9.39. The first-order valence-corrected chi connectivity index (χ1v) is 11.7. The summed E-state index contributed by atoms with van der Waals surface area (Å²) in [5, 5.41) is -1.13. The summed E-state index contributed by atoms with van der Waals surface area (Å²) < 4.78 is 33.6. The normalized spacial score (nSPS) is 19.4. The Morgan fingerprint density at radius 3 is 2.27 bits per heavy atom. The number of hydrogen-bond donors (Lipinski definition) is 2. The monoisotopic (exact) mass is 465 g/mol. The van der Waals surface area contributed by atoms with Gasteiger partial charge in [0.15, 0.2) is 11.5 Å². The fourth-order valence-corrected chi connectivity index (χ4v) is 5.05. The molecule has 3 N–H and O–H groups in total. The van der Waals surface area contributed by atoms with E-state index in [1.54, 1.807) is 55.7 Å². The summed E-state index contributed by atoms with van der Waals surface area (Å²) >= 11 is 0. The van der Waals surface area contributed by atoms with E-state index in [1.807, 2.05) is 12.1 Å². The molecule has 4 rings (SSSR count). The van der Waals surface area contributed by atoms with E-state index in [9.17, 15) is 17.8 Å². The van der Waals surface area contributed by atoms with Crippen LogP contribution in [0.5, 0.6) is 0 Å². The molecule has 2 atom stereocenters. The number of amides is 1. The van der Waals surface area contributed by atoms with Crippen molar-refractivity contribution < 1.29 is 17.8 Å². The molecule has 0 aliphatic carbocycles. The number of aliphatic imine (C=N–C) groups is 1. The SMILES string of the molecule is CCC(c1cccc(C2(c3cccc(-c4cncnc4)c3)N=C(N)N(C)C2=O)c1)S(=O)(=O)O. The molecule has 3 aromatic rings. The second kappa shape index (κ2) is 8.38. The fraction of sp³-hybridized carbons (Fsp3) is 0.217. The molecule has 1 aliphatic rings. The Morgan fingerprint density at radius 2 is 1.70 bits per heavy atom. The van der Waals surface area contributed by atoms with Crippen LogP contribution in [-0.4, -0.2) is 46.8 Å². The maximum Gasteiger partial charge on any atom is 0.271 e. The van der Waals surface area contributed by atoms with E-state index >= 15 is 0 Å². The van der Waals surface area contributed by atoms with Gasteiger partial charge in [-0.05, 0) is 34.7 Å². The van der Waals surface area contributed by atoms with Crippen molar-refractivity contribution in [2.75, 3.05) is 7.05 Å². The minimum absolute atomic E-state index is 0.0423. The van der Waals surface area contributed by atoms with Crippen molar-refractivity contribution in [1.82, 2.24) is 14.9 Å². The Balaban J connectivity index is 1.94. The van der Waals surface area contributed by atoms with Crippen molar-refractivity contribution >= 4 is 22.0 Å². The Kier molecular flexibility index (Phi) is 5.73. The molecule has 0 saturated carbocycles. The van der Waals surface area contributed by atoms with Crippen LogP contribution in [0.25, 0.3) is 11.1 Å². The molecule has 33 heavy (non-hydrogen) atoms. The van der Waals surface area contributed by atoms with Crippen LogP contribution in [0.2, 0.25) is 0 Å². The maximum absolute atomic E-state index is 13.6. The molecular weight excluding hydrogens is 442 g/mol. The summed E-state index contributed by atoms with van der Waals surface area (Å²) in [6.45, 7) is 1.66. The van der Waals surface area contributed by atoms with E-state index in [2.05, 4.69) is 15.0 Å². The van der Waals surface area contributed by atoms with Crippen LogP contribution in [-0.2, 0) is 20.5 Å². The van der Waals surface area contributed by atoms with Crippen molar-refractivity contribution in [2.45, 2.75) is 24.1 Å². The first-order valence-electron chi connectivity index (χ1n) is 10.2. The Morgan fingerprint density at radius 1 is 1.06 bits per heavy atom. The predicted molar refractivity (Wildman–Crippen MR) is 124 cm³/mol. The molecule has 0 spiro atoms. The maximum atomic E-state index is 13.6. The fourth-order valence-electron chi connectivity index (χ4n) is 4.14. The van der Waals surface area contributed by atoms with Crippen molar-refractivity contribution in [3.63, 3.8) is 0 Å². The highest BCUT2D eigenvalue weighted by Gasteiger charge is 2.49. The molecule has 10 heteroatoms. The minimum Gasteiger partial charge on any atom is -0.369 e. The topological polar surface area (TPSA) is 139 Å². The van der Waals surface area contributed by atoms with Gasteiger partial charge >= 0.3 is 0 Å². The Bertz CT molecular complexity index is 1340. The molecule has 0 radical (unpaired) electrons. The number of rotatable bonds is 6. The van der Waals surface area contributed by atoms with Gasteiger partial charge in [0.2, 0.25) is 0 Å². The lowest BCUT2D eigenvalue weighted by Crippen LogP contribution is -2.41. The molecule has 1 aromatic heterocycles. The summed E-state index contributed by atoms with van der Waals surface area (Å²) in [5.74, 6) is -0.334. The summed E-state index contributed by atoms with van der Waals surface area (Å²) in [4.78, 5) is 27.5. The predicted octanol–water partition coefficient (Wildman–Crippen LogP) is 2.51. The molecule has 0 bridgehead atoms. The summed E-state index contributed by atoms with van der Waals surface area (Å²) in [6.07, 6.45) is 4.92. The van der Waals surface area contributed by atoms with Gasteiger partial charge in [-0.2, -0.15) is 8.42 Å². The van der Waals surface area contributed by atoms with Gasteiger partial charge in [0, 0.05) is 25.0 Å². The molecule has 170 valence electrons. The number of aromatic nitrogens is 2. The van der Waals surface area contributed by atoms with E-state index in [0.717, 1.165) is 11.1 Å². The van der Waals surface area contributed by atoms with Crippen LogP contribution < -0.4 is 5.73 Å². The first kappa shape index (κ1) is 22.6. The largest absolute Gasteiger partial charge is 0.369 e. The molecule has 2 aromatic carbocycles. The van der Waals surface area contributed by atoms with E-state index in [4.69, 9.17) is 5.73 Å². The Hall–Kier alpha value is -3.63. The second-order valence-electron chi connectivity index (χ2n) is 7.79. The zero-order valence-electron chi connectivity index (χ0n) is 18.1. The van der Waals surface area contributed by atoms with Gasteiger partial charge in [0.05, 0.1) is 0 Å². The van der Waals surface area contributed by atoms with Crippen molar-refractivity contribution in [3.05, 3.63) is 83.9 Å². The van der Waals surface area contributed by atoms with Gasteiger partial charge < -0.3 is 5.73 Å². The number of benzene rings is 2. The number of carbonyl (C=O) groups excluding carboxylic acids is 1. The number of nitrogens with two attached hydrogens (primary N) is 1. The van der Waals surface area contributed by atoms with Gasteiger partial charge in [0.25, 0.3) is 16.0 Å². The molecule has 9 nitrogen and oxygen atoms in total. The number of hydrogen-bond acceptors (Lipinski definition) is 7. The van der Waals surface area contributed by atoms with Crippen molar-refractivity contribution in [1.29, 1.82) is 0 Å². The highest BCUT2D eigenvalue weighted by Crippen LogP contribution is 2.41. The average Bonchev–Trinajstić information content (AvgIpc) is 3.04. The van der Waals surface area contributed by atoms with Gasteiger partial charge in [-0.1, -0.05) is 49.4 Å². The molecule has 0 fully saturated rings. The average molecular weight is 466 g/mol. The van der Waals surface area contributed by atoms with Gasteiger partial charge in [-0.25, -0.2) is 15.0 Å². The van der Waals surface area contributed by atoms with E-state index < -0.39 is 20.9 Å². The van der Waals surface area contributed by atoms with Gasteiger partial charge in [-0.15, -0.1) is 0 Å². The number of guanidine groups is 1. The number of nitrogens with zero attached hydrogens (tertiary/aromatic N) is 4. The van der Waals surface area contributed by atoms with Gasteiger partial charge in [0.1, 0.15) is 11.6 Å². The molecule has 0 saturated heterocycles. The third-order valence-electron chi connectivity index (χ3n) is 5.82. The molecule has 1 aliphatic heterocycles. The van der Waals surface area contributed by atoms with Crippen LogP contribution in [0, 0.1) is 0 Å². The first-order chi connectivity index (χ1) is 15.7. The van der Waals surface area contributed by atoms with E-state index in [-0.39, 0.29) is 18.3 Å². The third kappa shape index (κ3) is 3.87. The zero-order valence-corrected chi connectivity index (χ0v) is 18.9. The lowest BCUT2D eigenvalue weighted by Gasteiger charge is -2.27. The molecule has 2 heterocycles. The van der Waals surface area contributed by atoms with E-state index in [0.29, 0.717) is 16.7 Å². The quantitative estimate of drug-likeness (QED) is 0.533. The van der Waals surface area contributed by atoms with Crippen LogP contribution >= 0.6 is 0 Å². The zero-order chi connectivity index (χ0) is 23.8. The third-order valence-corrected chi connectivity index (χ3v) is 7.15. The number of carbonyl (C=O) groups is 1. The van der Waals surface area contributed by atoms with Crippen LogP contribution in [0.3, 0.4) is 0 Å². The smallest absolute Gasteiger partial charge is 0.271 e. The lowest BCUT2D eigenvalue weighted by molar-refractivity contribution is -0.129. The van der Waals surface area contributed by atoms with Crippen LogP contribution in [0.1, 0.15) is 35.3 Å². The summed E-state index contributed by atoms with van der Waals surface area (Å²) in [6, 6.07) is 13.8. The van der Waals surface area contributed by atoms with Gasteiger partial charge in [-0.3, -0.25) is 14.2 Å². The van der Waals surface area contributed by atoms with Crippen LogP contribution in [0.4, 0.5) is 0 Å². The van der Waals surface area contributed by atoms with Crippen LogP contribution in [0.15, 0.2) is 72.2 Å². The molecule has 2 unspecified atom stereocenters. The standard InChI is InChI=1S/C23H23N5O4S/c1-3-20(33(30,31)32)16-7-5-9-19(11-16)23(21(29)28(2)22(24)27-23)18-8-4-6-15(10-18)17-12-25-14-26-13-17/h4-14,20H,3H2,1-2H3,(H2,24,27)(H,30,31,32). The van der Waals surface area contributed by atoms with E-state index in [1.165, 1.54) is 18.3 Å². The highest BCUT2D eigenvalue weighted by molar-refractivity contribution is 7.86. The number of likely N-dealkylation sites (N-methyl/N-ethyl adjacent to an activating group) is 1. The Labute approximate surface area is 191 Å². The minimum atomic E-state index is -4.34. The van der Waals surface area contributed by atoms with Crippen molar-refractivity contribution in [2.24, 2.45) is 10.7 Å². The lowest BCUT2D eigenvalue weighted by atomic mass is 9.81.